The van der Waals surface area contributed by atoms with Crippen LogP contribution >= 0.6 is 0 Å². The lowest BCUT2D eigenvalue weighted by Gasteiger charge is -2.32. The first-order chi connectivity index (χ1) is 12.1. The third kappa shape index (κ3) is 4.56. The van der Waals surface area contributed by atoms with E-state index in [1.54, 1.807) is 17.0 Å². The van der Waals surface area contributed by atoms with Gasteiger partial charge in [-0.25, -0.2) is 9.18 Å². The van der Waals surface area contributed by atoms with E-state index >= 15 is 0 Å². The average Bonchev–Trinajstić information content (AvgIpc) is 2.63. The summed E-state index contributed by atoms with van der Waals surface area (Å²) in [6.07, 6.45) is 0.556. The number of halogens is 1. The zero-order valence-corrected chi connectivity index (χ0v) is 13.7. The van der Waals surface area contributed by atoms with Crippen molar-refractivity contribution in [3.05, 3.63) is 66.0 Å². The Morgan fingerprint density at radius 2 is 1.80 bits per heavy atom. The van der Waals surface area contributed by atoms with Crippen molar-refractivity contribution in [1.82, 2.24) is 4.90 Å². The highest BCUT2D eigenvalue weighted by molar-refractivity contribution is 5.94. The summed E-state index contributed by atoms with van der Waals surface area (Å²) >= 11 is 0. The summed E-state index contributed by atoms with van der Waals surface area (Å²) in [5.74, 6) is -0.564. The first kappa shape index (κ1) is 17.0. The van der Waals surface area contributed by atoms with Crippen LogP contribution in [0.3, 0.4) is 0 Å². The Kier molecular flexibility index (Phi) is 5.28. The van der Waals surface area contributed by atoms with Gasteiger partial charge >= 0.3 is 6.09 Å². The fraction of sp³-hybridized carbons (Fsp3) is 0.263. The van der Waals surface area contributed by atoms with Crippen LogP contribution in [0.5, 0.6) is 0 Å². The Morgan fingerprint density at radius 3 is 2.52 bits per heavy atom. The van der Waals surface area contributed by atoms with Gasteiger partial charge in [-0.1, -0.05) is 18.2 Å². The molecule has 25 heavy (non-hydrogen) atoms. The van der Waals surface area contributed by atoms with Crippen molar-refractivity contribution in [2.75, 3.05) is 18.4 Å². The third-order valence-electron chi connectivity index (χ3n) is 4.05. The second-order valence-corrected chi connectivity index (χ2v) is 5.92. The van der Waals surface area contributed by atoms with Crippen LogP contribution in [0.2, 0.25) is 0 Å². The van der Waals surface area contributed by atoms with E-state index in [1.807, 2.05) is 18.2 Å². The van der Waals surface area contributed by atoms with Crippen LogP contribution in [-0.4, -0.2) is 36.1 Å². The van der Waals surface area contributed by atoms with Crippen LogP contribution in [0.25, 0.3) is 0 Å². The molecular formula is C19H19FN2O3. The molecule has 2 aromatic rings. The second kappa shape index (κ2) is 7.79. The lowest BCUT2D eigenvalue weighted by atomic mass is 10.1. The van der Waals surface area contributed by atoms with Crippen LogP contribution in [-0.2, 0) is 4.74 Å². The van der Waals surface area contributed by atoms with Crippen molar-refractivity contribution in [3.63, 3.8) is 0 Å². The van der Waals surface area contributed by atoms with Crippen LogP contribution in [0.15, 0.2) is 54.6 Å². The van der Waals surface area contributed by atoms with Crippen molar-refractivity contribution < 1.29 is 18.7 Å². The molecule has 1 aliphatic rings. The number of ether oxygens (including phenoxy) is 1. The highest BCUT2D eigenvalue weighted by Gasteiger charge is 2.27. The molecule has 1 atom stereocenters. The maximum absolute atomic E-state index is 13.0. The number of rotatable bonds is 3. The standard InChI is InChI=1S/C19H19FN2O3/c20-15-10-8-14(9-11-15)18(23)22-12-4-7-17(13-22)25-19(24)21-16-5-2-1-3-6-16/h1-3,5-6,8-11,17H,4,7,12-13H2,(H,21,24)/t17-/m0/s1. The van der Waals surface area contributed by atoms with E-state index in [2.05, 4.69) is 5.32 Å². The summed E-state index contributed by atoms with van der Waals surface area (Å²) in [5.41, 5.74) is 1.08. The van der Waals surface area contributed by atoms with Crippen LogP contribution < -0.4 is 5.32 Å². The molecule has 5 nitrogen and oxygen atoms in total. The van der Waals surface area contributed by atoms with E-state index in [0.717, 1.165) is 6.42 Å². The molecular weight excluding hydrogens is 323 g/mol. The number of anilines is 1. The second-order valence-electron chi connectivity index (χ2n) is 5.92. The van der Waals surface area contributed by atoms with Gasteiger partial charge in [0.25, 0.3) is 5.91 Å². The fourth-order valence-corrected chi connectivity index (χ4v) is 2.81. The summed E-state index contributed by atoms with van der Waals surface area (Å²) in [7, 11) is 0. The SMILES string of the molecule is O=C(Nc1ccccc1)O[C@H]1CCCN(C(=O)c2ccc(F)cc2)C1. The number of likely N-dealkylation sites (tertiary alicyclic amines) is 1. The zero-order chi connectivity index (χ0) is 17.6. The summed E-state index contributed by atoms with van der Waals surface area (Å²) in [6, 6.07) is 14.5. The Labute approximate surface area is 145 Å². The van der Waals surface area contributed by atoms with E-state index in [0.29, 0.717) is 30.8 Å². The van der Waals surface area contributed by atoms with E-state index in [4.69, 9.17) is 4.74 Å². The molecule has 0 radical (unpaired) electrons. The van der Waals surface area contributed by atoms with Gasteiger partial charge in [-0.15, -0.1) is 0 Å². The largest absolute Gasteiger partial charge is 0.444 e. The topological polar surface area (TPSA) is 58.6 Å². The van der Waals surface area contributed by atoms with E-state index < -0.39 is 6.09 Å². The first-order valence-corrected chi connectivity index (χ1v) is 8.19. The van der Waals surface area contributed by atoms with Gasteiger partial charge in [-0.2, -0.15) is 0 Å². The monoisotopic (exact) mass is 342 g/mol. The molecule has 1 heterocycles. The van der Waals surface area contributed by atoms with Gasteiger partial charge in [-0.3, -0.25) is 10.1 Å². The minimum Gasteiger partial charge on any atom is -0.444 e. The van der Waals surface area contributed by atoms with Crippen LogP contribution in [0.4, 0.5) is 14.9 Å². The number of hydrogen-bond acceptors (Lipinski definition) is 3. The van der Waals surface area contributed by atoms with Gasteiger partial charge in [0.2, 0.25) is 0 Å². The van der Waals surface area contributed by atoms with Gasteiger partial charge in [0.1, 0.15) is 11.9 Å². The molecule has 3 rings (SSSR count). The van der Waals surface area contributed by atoms with E-state index in [-0.39, 0.29) is 17.8 Å². The van der Waals surface area contributed by atoms with E-state index in [9.17, 15) is 14.0 Å². The summed E-state index contributed by atoms with van der Waals surface area (Å²) in [6.45, 7) is 0.925. The number of nitrogens with one attached hydrogen (secondary N) is 1. The molecule has 1 fully saturated rings. The number of amides is 2. The zero-order valence-electron chi connectivity index (χ0n) is 13.7. The highest BCUT2D eigenvalue weighted by Crippen LogP contribution is 2.17. The van der Waals surface area contributed by atoms with Gasteiger partial charge in [0, 0.05) is 17.8 Å². The Balaban J connectivity index is 1.56. The van der Waals surface area contributed by atoms with Crippen molar-refractivity contribution in [1.29, 1.82) is 0 Å². The molecule has 0 spiro atoms. The van der Waals surface area contributed by atoms with Crippen molar-refractivity contribution in [2.24, 2.45) is 0 Å². The molecule has 1 N–H and O–H groups in total. The van der Waals surface area contributed by atoms with Crippen LogP contribution in [0, 0.1) is 5.82 Å². The lowest BCUT2D eigenvalue weighted by molar-refractivity contribution is 0.0387. The summed E-state index contributed by atoms with van der Waals surface area (Å²) in [5, 5.41) is 2.66. The number of para-hydroxylation sites is 1. The van der Waals surface area contributed by atoms with Gasteiger partial charge in [-0.05, 0) is 49.2 Å². The molecule has 130 valence electrons. The smallest absolute Gasteiger partial charge is 0.411 e. The minimum atomic E-state index is -0.535. The van der Waals surface area contributed by atoms with Crippen molar-refractivity contribution >= 4 is 17.7 Å². The Morgan fingerprint density at radius 1 is 1.08 bits per heavy atom. The normalized spacial score (nSPS) is 17.0. The lowest BCUT2D eigenvalue weighted by Crippen LogP contribution is -2.44. The maximum Gasteiger partial charge on any atom is 0.411 e. The quantitative estimate of drug-likeness (QED) is 0.926. The molecule has 1 aliphatic heterocycles. The number of piperidine rings is 1. The van der Waals surface area contributed by atoms with Crippen LogP contribution in [0.1, 0.15) is 23.2 Å². The molecule has 2 aromatic carbocycles. The predicted octanol–water partition coefficient (Wildman–Crippen LogP) is 3.68. The Hall–Kier alpha value is -2.89. The molecule has 2 amide bonds. The first-order valence-electron chi connectivity index (χ1n) is 8.19. The van der Waals surface area contributed by atoms with Crippen molar-refractivity contribution in [2.45, 2.75) is 18.9 Å². The highest BCUT2D eigenvalue weighted by atomic mass is 19.1. The third-order valence-corrected chi connectivity index (χ3v) is 4.05. The van der Waals surface area contributed by atoms with Gasteiger partial charge in [0.05, 0.1) is 6.54 Å². The van der Waals surface area contributed by atoms with Gasteiger partial charge < -0.3 is 9.64 Å². The molecule has 6 heteroatoms. The number of carbonyl (C=O) groups is 2. The number of hydrogen-bond donors (Lipinski definition) is 1. The van der Waals surface area contributed by atoms with E-state index in [1.165, 1.54) is 24.3 Å². The number of carbonyl (C=O) groups excluding carboxylic acids is 2. The molecule has 0 aromatic heterocycles. The average molecular weight is 342 g/mol. The predicted molar refractivity (Wildman–Crippen MR) is 91.9 cm³/mol. The molecule has 1 saturated heterocycles. The molecule has 0 bridgehead atoms. The maximum atomic E-state index is 13.0. The minimum absolute atomic E-state index is 0.184. The number of nitrogens with zero attached hydrogens (tertiary/aromatic N) is 1. The molecule has 0 saturated carbocycles. The number of benzene rings is 2. The molecule has 0 aliphatic carbocycles. The molecule has 0 unspecified atom stereocenters. The summed E-state index contributed by atoms with van der Waals surface area (Å²) in [4.78, 5) is 26.1. The Bertz CT molecular complexity index is 734. The summed E-state index contributed by atoms with van der Waals surface area (Å²) < 4.78 is 18.4. The van der Waals surface area contributed by atoms with Crippen molar-refractivity contribution in [3.8, 4) is 0 Å². The van der Waals surface area contributed by atoms with Gasteiger partial charge in [0.15, 0.2) is 0 Å². The fourth-order valence-electron chi connectivity index (χ4n) is 2.81.